The standard InChI is InChI=1S/C19H20N4O2S/c24-18(15-3-5-17(6-4-15)23-7-1-2-8-23)21-19-20-16(14-26-19)13-22-9-11-25-12-10-22/h1-8,14H,9-13H2,(H,20,21,24). The van der Waals surface area contributed by atoms with Gasteiger partial charge in [0.05, 0.1) is 18.9 Å². The Hall–Kier alpha value is -2.48. The fraction of sp³-hybridized carbons (Fsp3) is 0.263. The molecule has 1 aliphatic heterocycles. The van der Waals surface area contributed by atoms with Gasteiger partial charge in [0, 0.05) is 48.7 Å². The monoisotopic (exact) mass is 368 g/mol. The molecule has 6 nitrogen and oxygen atoms in total. The summed E-state index contributed by atoms with van der Waals surface area (Å²) in [5.74, 6) is -0.142. The number of benzene rings is 1. The molecule has 4 rings (SSSR count). The highest BCUT2D eigenvalue weighted by atomic mass is 32.1. The van der Waals surface area contributed by atoms with Crippen molar-refractivity contribution in [3.8, 4) is 5.69 Å². The van der Waals surface area contributed by atoms with E-state index in [2.05, 4.69) is 15.2 Å². The molecule has 134 valence electrons. The average molecular weight is 368 g/mol. The topological polar surface area (TPSA) is 59.4 Å². The summed E-state index contributed by atoms with van der Waals surface area (Å²) < 4.78 is 7.36. The van der Waals surface area contributed by atoms with Crippen molar-refractivity contribution >= 4 is 22.4 Å². The van der Waals surface area contributed by atoms with Gasteiger partial charge < -0.3 is 9.30 Å². The first-order valence-corrected chi connectivity index (χ1v) is 9.45. The Kier molecular flexibility index (Phi) is 5.10. The minimum atomic E-state index is -0.142. The van der Waals surface area contributed by atoms with Crippen LogP contribution >= 0.6 is 11.3 Å². The number of carbonyl (C=O) groups is 1. The highest BCUT2D eigenvalue weighted by Crippen LogP contribution is 2.19. The zero-order valence-electron chi connectivity index (χ0n) is 14.3. The van der Waals surface area contributed by atoms with Gasteiger partial charge in [-0.1, -0.05) is 0 Å². The van der Waals surface area contributed by atoms with Gasteiger partial charge in [-0.2, -0.15) is 0 Å². The molecule has 1 fully saturated rings. The third kappa shape index (κ3) is 4.01. The summed E-state index contributed by atoms with van der Waals surface area (Å²) in [6, 6.07) is 11.5. The van der Waals surface area contributed by atoms with E-state index in [0.717, 1.165) is 44.2 Å². The molecule has 1 aromatic carbocycles. The van der Waals surface area contributed by atoms with Crippen LogP contribution in [0.4, 0.5) is 5.13 Å². The molecular weight excluding hydrogens is 348 g/mol. The fourth-order valence-corrected chi connectivity index (χ4v) is 3.58. The Bertz CT molecular complexity index is 852. The number of aromatic nitrogens is 2. The summed E-state index contributed by atoms with van der Waals surface area (Å²) in [6.07, 6.45) is 3.95. The number of nitrogens with zero attached hydrogens (tertiary/aromatic N) is 3. The Morgan fingerprint density at radius 1 is 1.15 bits per heavy atom. The third-order valence-corrected chi connectivity index (χ3v) is 5.10. The second-order valence-electron chi connectivity index (χ2n) is 6.12. The van der Waals surface area contributed by atoms with E-state index in [1.165, 1.54) is 11.3 Å². The lowest BCUT2D eigenvalue weighted by molar-refractivity contribution is 0.0337. The van der Waals surface area contributed by atoms with Crippen molar-refractivity contribution in [2.24, 2.45) is 0 Å². The molecule has 26 heavy (non-hydrogen) atoms. The SMILES string of the molecule is O=C(Nc1nc(CN2CCOCC2)cs1)c1ccc(-n2cccc2)cc1. The van der Waals surface area contributed by atoms with Crippen LogP contribution in [0.2, 0.25) is 0 Å². The number of carbonyl (C=O) groups excluding carboxylic acids is 1. The number of thiazole rings is 1. The van der Waals surface area contributed by atoms with E-state index in [1.54, 1.807) is 0 Å². The van der Waals surface area contributed by atoms with Crippen molar-refractivity contribution in [3.63, 3.8) is 0 Å². The van der Waals surface area contributed by atoms with Gasteiger partial charge in [0.15, 0.2) is 5.13 Å². The third-order valence-electron chi connectivity index (χ3n) is 4.29. The number of amides is 1. The fourth-order valence-electron chi connectivity index (χ4n) is 2.89. The summed E-state index contributed by atoms with van der Waals surface area (Å²) in [5, 5.41) is 5.52. The molecule has 3 aromatic rings. The second-order valence-corrected chi connectivity index (χ2v) is 6.98. The lowest BCUT2D eigenvalue weighted by Gasteiger charge is -2.25. The highest BCUT2D eigenvalue weighted by Gasteiger charge is 2.14. The van der Waals surface area contributed by atoms with Crippen molar-refractivity contribution in [1.82, 2.24) is 14.5 Å². The zero-order chi connectivity index (χ0) is 17.8. The van der Waals surface area contributed by atoms with Gasteiger partial charge in [-0.25, -0.2) is 4.98 Å². The highest BCUT2D eigenvalue weighted by molar-refractivity contribution is 7.13. The number of rotatable bonds is 5. The Morgan fingerprint density at radius 2 is 1.88 bits per heavy atom. The Morgan fingerprint density at radius 3 is 2.62 bits per heavy atom. The Labute approximate surface area is 156 Å². The minimum Gasteiger partial charge on any atom is -0.379 e. The summed E-state index contributed by atoms with van der Waals surface area (Å²) >= 11 is 1.46. The number of ether oxygens (including phenoxy) is 1. The van der Waals surface area contributed by atoms with Crippen LogP contribution < -0.4 is 5.32 Å². The number of anilines is 1. The van der Waals surface area contributed by atoms with Gasteiger partial charge in [0.25, 0.3) is 5.91 Å². The molecule has 2 aromatic heterocycles. The van der Waals surface area contributed by atoms with Crippen molar-refractivity contribution in [1.29, 1.82) is 0 Å². The Balaban J connectivity index is 1.37. The summed E-state index contributed by atoms with van der Waals surface area (Å²) in [7, 11) is 0. The van der Waals surface area contributed by atoms with Gasteiger partial charge in [0.2, 0.25) is 0 Å². The molecule has 0 saturated carbocycles. The van der Waals surface area contributed by atoms with Crippen molar-refractivity contribution < 1.29 is 9.53 Å². The molecule has 0 aliphatic carbocycles. The van der Waals surface area contributed by atoms with Gasteiger partial charge in [-0.05, 0) is 36.4 Å². The van der Waals surface area contributed by atoms with E-state index >= 15 is 0 Å². The molecule has 0 atom stereocenters. The number of hydrogen-bond acceptors (Lipinski definition) is 5. The van der Waals surface area contributed by atoms with Crippen molar-refractivity contribution in [3.05, 3.63) is 65.4 Å². The molecule has 3 heterocycles. The molecule has 0 bridgehead atoms. The largest absolute Gasteiger partial charge is 0.379 e. The predicted octanol–water partition coefficient (Wildman–Crippen LogP) is 3.02. The van der Waals surface area contributed by atoms with Crippen LogP contribution in [0, 0.1) is 0 Å². The van der Waals surface area contributed by atoms with Crippen LogP contribution in [-0.2, 0) is 11.3 Å². The van der Waals surface area contributed by atoms with E-state index < -0.39 is 0 Å². The molecule has 0 unspecified atom stereocenters. The first-order chi connectivity index (χ1) is 12.8. The molecule has 1 aliphatic rings. The van der Waals surface area contributed by atoms with Gasteiger partial charge >= 0.3 is 0 Å². The van der Waals surface area contributed by atoms with Crippen molar-refractivity contribution in [2.45, 2.75) is 6.54 Å². The quantitative estimate of drug-likeness (QED) is 0.752. The van der Waals surface area contributed by atoms with E-state index in [4.69, 9.17) is 4.74 Å². The molecule has 0 spiro atoms. The van der Waals surface area contributed by atoms with Gasteiger partial charge in [-0.15, -0.1) is 11.3 Å². The van der Waals surface area contributed by atoms with Gasteiger partial charge in [0.1, 0.15) is 0 Å². The van der Waals surface area contributed by atoms with Crippen LogP contribution in [0.25, 0.3) is 5.69 Å². The van der Waals surface area contributed by atoms with Crippen molar-refractivity contribution in [2.75, 3.05) is 31.6 Å². The maximum atomic E-state index is 12.4. The van der Waals surface area contributed by atoms with Crippen LogP contribution in [-0.4, -0.2) is 46.7 Å². The maximum absolute atomic E-state index is 12.4. The summed E-state index contributed by atoms with van der Waals surface area (Å²) in [4.78, 5) is 19.3. The van der Waals surface area contributed by atoms with E-state index in [0.29, 0.717) is 10.7 Å². The maximum Gasteiger partial charge on any atom is 0.257 e. The molecular formula is C19H20N4O2S. The lowest BCUT2D eigenvalue weighted by atomic mass is 10.2. The number of nitrogens with one attached hydrogen (secondary N) is 1. The predicted molar refractivity (Wildman–Crippen MR) is 102 cm³/mol. The summed E-state index contributed by atoms with van der Waals surface area (Å²) in [6.45, 7) is 4.18. The van der Waals surface area contributed by atoms with Crippen LogP contribution in [0.1, 0.15) is 16.1 Å². The molecule has 1 saturated heterocycles. The minimum absolute atomic E-state index is 0.142. The number of hydrogen-bond donors (Lipinski definition) is 1. The van der Waals surface area contributed by atoms with E-state index in [-0.39, 0.29) is 5.91 Å². The smallest absolute Gasteiger partial charge is 0.257 e. The van der Waals surface area contributed by atoms with E-state index in [1.807, 2.05) is 58.7 Å². The van der Waals surface area contributed by atoms with E-state index in [9.17, 15) is 4.79 Å². The number of morpholine rings is 1. The normalized spacial score (nSPS) is 15.1. The molecule has 1 N–H and O–H groups in total. The van der Waals surface area contributed by atoms with Crippen LogP contribution in [0.5, 0.6) is 0 Å². The zero-order valence-corrected chi connectivity index (χ0v) is 15.1. The average Bonchev–Trinajstić information content (AvgIpc) is 3.35. The second kappa shape index (κ2) is 7.82. The molecule has 7 heteroatoms. The van der Waals surface area contributed by atoms with Gasteiger partial charge in [-0.3, -0.25) is 15.0 Å². The molecule has 1 amide bonds. The first kappa shape index (κ1) is 17.0. The summed E-state index contributed by atoms with van der Waals surface area (Å²) in [5.41, 5.74) is 2.62. The molecule has 0 radical (unpaired) electrons. The van der Waals surface area contributed by atoms with Crippen LogP contribution in [0.15, 0.2) is 54.2 Å². The van der Waals surface area contributed by atoms with Crippen LogP contribution in [0.3, 0.4) is 0 Å². The first-order valence-electron chi connectivity index (χ1n) is 8.57. The lowest BCUT2D eigenvalue weighted by Crippen LogP contribution is -2.35.